The summed E-state index contributed by atoms with van der Waals surface area (Å²) < 4.78 is 0. The third kappa shape index (κ3) is 32.8. The van der Waals surface area contributed by atoms with Gasteiger partial charge in [-0.2, -0.15) is 25.3 Å². The number of likely N-dealkylation sites (tertiary alicyclic amines) is 1. The molecule has 18 amide bonds. The van der Waals surface area contributed by atoms with Gasteiger partial charge in [0.1, 0.15) is 84.6 Å². The summed E-state index contributed by atoms with van der Waals surface area (Å²) in [4.78, 5) is 279. The van der Waals surface area contributed by atoms with E-state index in [0.717, 1.165) is 10.9 Å². The fourth-order valence-corrected chi connectivity index (χ4v) is 17.2. The van der Waals surface area contributed by atoms with Crippen LogP contribution in [0, 0.1) is 23.7 Å². The molecule has 144 heavy (non-hydrogen) atoms. The number of hydrogen-bond acceptors (Lipinski definition) is 23. The topological polar surface area (TPSA) is 676 Å². The monoisotopic (exact) mass is 2030 g/mol. The lowest BCUT2D eigenvalue weighted by atomic mass is 9.99. The van der Waals surface area contributed by atoms with Gasteiger partial charge in [-0.1, -0.05) is 128 Å². The third-order valence-electron chi connectivity index (χ3n) is 24.3. The molecule has 1 fully saturated rings. The summed E-state index contributed by atoms with van der Waals surface area (Å²) in [5, 5.41) is 63.8. The number of carboxylic acids is 1. The summed E-state index contributed by atoms with van der Waals surface area (Å²) >= 11 is 8.37. The number of benzene rings is 4. The molecule has 26 N–H and O–H groups in total. The number of nitrogens with one attached hydrogen (secondary N) is 20. The highest BCUT2D eigenvalue weighted by Gasteiger charge is 2.42. The number of aliphatic carboxylic acids is 1. The Morgan fingerprint density at radius 2 is 0.722 bits per heavy atom. The summed E-state index contributed by atoms with van der Waals surface area (Å²) in [6, 6.07) is 7.77. The molecule has 0 spiro atoms. The standard InChI is InChI=1S/C98H133N23O21S2/c1-49(2)32-63(99)85(128)118-77(48-144)94(137)112-68(29-30-79(100)123)87(130)117-75(46-122)92(135)113-69(33-50(3)4)86(129)106-45-82(126)120-83(52(7)8)96(139)115-73(37-57-41-103-66-26-17-13-22-61(57)66)91(134)116-74(38-58-42-104-67-27-18-14-23-62(58)67)97(140)121-31-19-28-78(121)95(138)107-44-81(125)110-71(35-55-39-101-64-24-15-11-20-59(55)64)89(132)114-70(34-51(5)6)88(131)108-53(9)84(127)105-43-80(124)111-72(36-56-40-102-65-25-16-12-21-60(56)65)90(133)119-76(47-143)93(136)109-54(10)98(141)142/h11-18,20-27,39-42,49-54,63,68-78,83,101-104,122,143-144H,19,28-38,43-48,99H2,1-10H3,(H2,100,123)(H,105,127)(H,106,129)(H,107,138)(H,108,131)(H,109,136)(H,110,125)(H,111,124)(H,112,137)(H,113,135)(H,114,132)(H,115,139)(H,116,134)(H,117,130)(H,118,128)(H,119,133)(H,120,126)(H,141,142)/t53-,54-,63-,68-,69-,70-,71-,72-,73-,74-,75-,76-,77-,78-,83-/m0/s1. The molecule has 0 aliphatic carbocycles. The highest BCUT2D eigenvalue weighted by atomic mass is 32.1. The molecule has 0 radical (unpaired) electrons. The van der Waals surface area contributed by atoms with E-state index < -0.39 is 242 Å². The highest BCUT2D eigenvalue weighted by Crippen LogP contribution is 2.27. The molecule has 0 saturated carbocycles. The summed E-state index contributed by atoms with van der Waals surface area (Å²) in [6.07, 6.45) is 5.71. The van der Waals surface area contributed by atoms with Crippen LogP contribution < -0.4 is 96.5 Å². The molecule has 44 nitrogen and oxygen atoms in total. The van der Waals surface area contributed by atoms with Gasteiger partial charge in [-0.25, -0.2) is 0 Å². The zero-order valence-corrected chi connectivity index (χ0v) is 83.7. The first-order chi connectivity index (χ1) is 68.4. The minimum absolute atomic E-state index is 0.00292. The minimum Gasteiger partial charge on any atom is -0.480 e. The molecule has 9 rings (SSSR count). The average Bonchev–Trinajstić information content (AvgIpc) is 1.67. The summed E-state index contributed by atoms with van der Waals surface area (Å²) in [5.41, 5.74) is 16.5. The number of carboxylic acid groups (broad SMARTS) is 1. The van der Waals surface area contributed by atoms with Gasteiger partial charge in [0.2, 0.25) is 106 Å². The van der Waals surface area contributed by atoms with Gasteiger partial charge in [-0.3, -0.25) is 91.1 Å². The van der Waals surface area contributed by atoms with Crippen LogP contribution in [0.5, 0.6) is 0 Å². The lowest BCUT2D eigenvalue weighted by Crippen LogP contribution is -2.60. The Kier molecular flexibility index (Phi) is 42.6. The maximum Gasteiger partial charge on any atom is 0.325 e. The van der Waals surface area contributed by atoms with Crippen LogP contribution in [0.15, 0.2) is 122 Å². The van der Waals surface area contributed by atoms with Crippen molar-refractivity contribution in [3.8, 4) is 0 Å². The Morgan fingerprint density at radius 1 is 0.382 bits per heavy atom. The Morgan fingerprint density at radius 3 is 1.15 bits per heavy atom. The third-order valence-corrected chi connectivity index (χ3v) is 25.0. The van der Waals surface area contributed by atoms with Crippen LogP contribution in [0.25, 0.3) is 43.6 Å². The zero-order chi connectivity index (χ0) is 105. The second-order valence-electron chi connectivity index (χ2n) is 37.5. The number of aromatic nitrogens is 4. The van der Waals surface area contributed by atoms with E-state index in [1.807, 2.05) is 26.0 Å². The van der Waals surface area contributed by atoms with Crippen LogP contribution in [0.3, 0.4) is 0 Å². The molecule has 5 heterocycles. The number of fused-ring (bicyclic) bond motifs is 4. The first-order valence-corrected chi connectivity index (χ1v) is 49.1. The van der Waals surface area contributed by atoms with Gasteiger partial charge in [0, 0.05) is 119 Å². The first-order valence-electron chi connectivity index (χ1n) is 47.8. The molecule has 0 unspecified atom stereocenters. The number of nitrogens with two attached hydrogens (primary N) is 2. The number of carbonyl (C=O) groups excluding carboxylic acids is 18. The second kappa shape index (κ2) is 54.2. The molecule has 4 aromatic heterocycles. The lowest BCUT2D eigenvalue weighted by molar-refractivity contribution is -0.142. The fraction of sp³-hybridized carbons (Fsp3) is 0.480. The largest absolute Gasteiger partial charge is 0.480 e. The van der Waals surface area contributed by atoms with Crippen molar-refractivity contribution in [2.75, 3.05) is 44.3 Å². The summed E-state index contributed by atoms with van der Waals surface area (Å²) in [5.74, 6) is -18.7. The SMILES string of the molecule is CC(C)C[C@H](NC(=O)[C@H](CO)NC(=O)[C@H](CCC(N)=O)NC(=O)[C@H](CS)NC(=O)[C@@H](N)CC(C)C)C(=O)NCC(=O)N[C@H](C(=O)N[C@@H](Cc1c[nH]c2ccccc12)C(=O)N[C@@H](Cc1c[nH]c2ccccc12)C(=O)N1CCC[C@H]1C(=O)NCC(=O)N[C@@H](Cc1c[nH]c2ccccc12)C(=O)N[C@@H](CC(C)C)C(=O)N[C@@H](C)C(=O)NCC(=O)N[C@@H](Cc1c[nH]c2ccccc12)C(=O)N[C@@H](CS)C(=O)N[C@@H](C)C(=O)O)C(C)C. The van der Waals surface area contributed by atoms with E-state index in [0.29, 0.717) is 55.0 Å². The second-order valence-corrected chi connectivity index (χ2v) is 38.2. The van der Waals surface area contributed by atoms with Crippen molar-refractivity contribution in [3.63, 3.8) is 0 Å². The number of primary amides is 1. The molecule has 0 bridgehead atoms. The predicted octanol–water partition coefficient (Wildman–Crippen LogP) is -1.11. The van der Waals surface area contributed by atoms with Crippen molar-refractivity contribution in [1.29, 1.82) is 0 Å². The number of aliphatic hydroxyl groups is 1. The highest BCUT2D eigenvalue weighted by molar-refractivity contribution is 7.80. The maximum absolute atomic E-state index is 15.6. The summed E-state index contributed by atoms with van der Waals surface area (Å²) in [6.45, 7) is 13.2. The Balaban J connectivity index is 0.862. The molecule has 15 atom stereocenters. The lowest BCUT2D eigenvalue weighted by Gasteiger charge is -2.30. The quantitative estimate of drug-likeness (QED) is 0.0201. The molecule has 778 valence electrons. The van der Waals surface area contributed by atoms with Crippen LogP contribution in [0.2, 0.25) is 0 Å². The van der Waals surface area contributed by atoms with Crippen molar-refractivity contribution in [2.45, 2.75) is 230 Å². The number of carbonyl (C=O) groups is 19. The number of para-hydroxylation sites is 4. The molecule has 46 heteroatoms. The van der Waals surface area contributed by atoms with Crippen molar-refractivity contribution >= 4 is 181 Å². The van der Waals surface area contributed by atoms with E-state index in [2.05, 4.69) is 130 Å². The van der Waals surface area contributed by atoms with Crippen LogP contribution in [0.1, 0.15) is 136 Å². The molecule has 1 aliphatic heterocycles. The van der Waals surface area contributed by atoms with Gasteiger partial charge in [0.15, 0.2) is 0 Å². The number of thiol groups is 2. The van der Waals surface area contributed by atoms with Crippen molar-refractivity contribution in [1.82, 2.24) is 110 Å². The molecular formula is C98H133N23O21S2. The van der Waals surface area contributed by atoms with Crippen LogP contribution >= 0.6 is 25.3 Å². The normalized spacial score (nSPS) is 15.4. The average molecular weight is 2030 g/mol. The van der Waals surface area contributed by atoms with Gasteiger partial charge in [-0.15, -0.1) is 0 Å². The Bertz CT molecular complexity index is 5930. The molecular weight excluding hydrogens is 1900 g/mol. The smallest absolute Gasteiger partial charge is 0.325 e. The number of hydrogen-bond donors (Lipinski definition) is 26. The predicted molar refractivity (Wildman–Crippen MR) is 540 cm³/mol. The van der Waals surface area contributed by atoms with E-state index in [9.17, 15) is 91.7 Å². The van der Waals surface area contributed by atoms with Gasteiger partial charge < -0.3 is 132 Å². The van der Waals surface area contributed by atoms with Crippen LogP contribution in [-0.4, -0.2) is 282 Å². The first kappa shape index (κ1) is 113. The number of aliphatic hydroxyl groups excluding tert-OH is 1. The van der Waals surface area contributed by atoms with E-state index >= 15 is 9.59 Å². The maximum atomic E-state index is 15.6. The number of amides is 18. The van der Waals surface area contributed by atoms with Gasteiger partial charge in [-0.05, 0) is 123 Å². The fourth-order valence-electron chi connectivity index (χ4n) is 16.6. The number of nitrogens with zero attached hydrogens (tertiary/aromatic N) is 1. The van der Waals surface area contributed by atoms with Crippen molar-refractivity contribution < 1.29 is 101 Å². The van der Waals surface area contributed by atoms with Crippen LogP contribution in [0.4, 0.5) is 0 Å². The zero-order valence-electron chi connectivity index (χ0n) is 81.9. The molecule has 1 saturated heterocycles. The molecule has 1 aliphatic rings. The van der Waals surface area contributed by atoms with Crippen molar-refractivity contribution in [2.24, 2.45) is 35.1 Å². The number of aromatic amines is 4. The Hall–Kier alpha value is -14.4. The van der Waals surface area contributed by atoms with Crippen molar-refractivity contribution in [3.05, 3.63) is 144 Å². The van der Waals surface area contributed by atoms with Gasteiger partial charge >= 0.3 is 5.97 Å². The van der Waals surface area contributed by atoms with E-state index in [4.69, 9.17) is 11.5 Å². The Labute approximate surface area is 841 Å². The van der Waals surface area contributed by atoms with E-state index in [-0.39, 0.29) is 100 Å². The van der Waals surface area contributed by atoms with E-state index in [1.54, 1.807) is 151 Å². The van der Waals surface area contributed by atoms with Crippen LogP contribution in [-0.2, 0) is 117 Å². The minimum atomic E-state index is -1.77. The molecule has 8 aromatic rings. The molecule has 4 aromatic carbocycles. The van der Waals surface area contributed by atoms with E-state index in [1.165, 1.54) is 18.7 Å². The van der Waals surface area contributed by atoms with Gasteiger partial charge in [0.05, 0.1) is 32.3 Å². The van der Waals surface area contributed by atoms with Gasteiger partial charge in [0.25, 0.3) is 0 Å². The number of rotatable bonds is 55. The number of H-pyrrole nitrogens is 4. The summed E-state index contributed by atoms with van der Waals surface area (Å²) in [7, 11) is 0.